The summed E-state index contributed by atoms with van der Waals surface area (Å²) < 4.78 is 41.9. The van der Waals surface area contributed by atoms with Crippen molar-refractivity contribution in [2.24, 2.45) is 0 Å². The second kappa shape index (κ2) is 9.11. The predicted molar refractivity (Wildman–Crippen MR) is 124 cm³/mol. The maximum Gasteiger partial charge on any atom is 0.417 e. The van der Waals surface area contributed by atoms with Crippen molar-refractivity contribution >= 4 is 34.5 Å². The summed E-state index contributed by atoms with van der Waals surface area (Å²) in [5, 5.41) is 11.7. The zero-order valence-corrected chi connectivity index (χ0v) is 18.6. The van der Waals surface area contributed by atoms with Crippen LogP contribution in [0, 0.1) is 0 Å². The largest absolute Gasteiger partial charge is 0.417 e. The number of fused-ring (bicyclic) bond motifs is 1. The number of H-pyrrole nitrogens is 1. The Bertz CT molecular complexity index is 1430. The van der Waals surface area contributed by atoms with Gasteiger partial charge in [-0.1, -0.05) is 18.2 Å². The van der Waals surface area contributed by atoms with Crippen LogP contribution in [0.25, 0.3) is 22.2 Å². The number of nitrogens with zero attached hydrogens (tertiary/aromatic N) is 2. The van der Waals surface area contributed by atoms with Crippen LogP contribution < -0.4 is 10.8 Å². The molecule has 0 spiro atoms. The number of aromatic amines is 1. The molecule has 0 saturated carbocycles. The van der Waals surface area contributed by atoms with Gasteiger partial charge in [0.25, 0.3) is 11.8 Å². The van der Waals surface area contributed by atoms with Crippen LogP contribution in [0.5, 0.6) is 0 Å². The molecule has 0 radical (unpaired) electrons. The number of carbonyl (C=O) groups excluding carboxylic acids is 2. The van der Waals surface area contributed by atoms with Gasteiger partial charge in [0.05, 0.1) is 16.6 Å². The van der Waals surface area contributed by atoms with Gasteiger partial charge >= 0.3 is 6.18 Å². The van der Waals surface area contributed by atoms with Gasteiger partial charge in [0.2, 0.25) is 5.95 Å². The van der Waals surface area contributed by atoms with Crippen LogP contribution in [0.15, 0.2) is 60.7 Å². The number of rotatable bonds is 5. The van der Waals surface area contributed by atoms with E-state index in [-0.39, 0.29) is 39.6 Å². The van der Waals surface area contributed by atoms with E-state index in [1.54, 1.807) is 32.3 Å². The van der Waals surface area contributed by atoms with Gasteiger partial charge in [0, 0.05) is 30.9 Å². The third kappa shape index (κ3) is 4.94. The van der Waals surface area contributed by atoms with Crippen molar-refractivity contribution in [1.29, 1.82) is 0 Å². The Balaban J connectivity index is 1.77. The van der Waals surface area contributed by atoms with E-state index < -0.39 is 17.6 Å². The Labute approximate surface area is 197 Å². The molecule has 0 aliphatic rings. The van der Waals surface area contributed by atoms with Gasteiger partial charge in [-0.25, -0.2) is 10.5 Å². The van der Waals surface area contributed by atoms with Gasteiger partial charge in [0.15, 0.2) is 0 Å². The van der Waals surface area contributed by atoms with Crippen LogP contribution in [0.2, 0.25) is 0 Å². The van der Waals surface area contributed by atoms with E-state index in [0.717, 1.165) is 6.07 Å². The number of carbonyl (C=O) groups is 2. The molecule has 4 aromatic rings. The molecule has 0 saturated heterocycles. The monoisotopic (exact) mass is 483 g/mol. The van der Waals surface area contributed by atoms with E-state index in [4.69, 9.17) is 5.21 Å². The van der Waals surface area contributed by atoms with E-state index in [1.165, 1.54) is 46.8 Å². The topological polar surface area (TPSA) is 110 Å². The minimum atomic E-state index is -4.66. The Kier molecular flexibility index (Phi) is 6.18. The molecule has 4 rings (SSSR count). The van der Waals surface area contributed by atoms with Gasteiger partial charge in [-0.05, 0) is 53.6 Å². The van der Waals surface area contributed by atoms with Crippen molar-refractivity contribution in [1.82, 2.24) is 20.3 Å². The molecular weight excluding hydrogens is 463 g/mol. The van der Waals surface area contributed by atoms with Crippen molar-refractivity contribution in [2.45, 2.75) is 6.18 Å². The molecule has 0 aliphatic heterocycles. The lowest BCUT2D eigenvalue weighted by Crippen LogP contribution is -2.21. The van der Waals surface area contributed by atoms with E-state index in [2.05, 4.69) is 15.3 Å². The van der Waals surface area contributed by atoms with Gasteiger partial charge in [-0.2, -0.15) is 13.2 Å². The first-order valence-corrected chi connectivity index (χ1v) is 10.3. The highest BCUT2D eigenvalue weighted by Crippen LogP contribution is 2.39. The molecule has 0 atom stereocenters. The number of nitrogens with one attached hydrogen (secondary N) is 3. The molecule has 3 aromatic carbocycles. The van der Waals surface area contributed by atoms with Crippen molar-refractivity contribution in [3.63, 3.8) is 0 Å². The Morgan fingerprint density at radius 1 is 1.00 bits per heavy atom. The number of hydroxylamine groups is 1. The smallest absolute Gasteiger partial charge is 0.345 e. The van der Waals surface area contributed by atoms with Crippen molar-refractivity contribution in [3.8, 4) is 11.1 Å². The fraction of sp³-hybridized carbons (Fsp3) is 0.125. The van der Waals surface area contributed by atoms with Gasteiger partial charge < -0.3 is 15.2 Å². The van der Waals surface area contributed by atoms with Gasteiger partial charge in [-0.3, -0.25) is 14.8 Å². The average Bonchev–Trinajstić information content (AvgIpc) is 3.23. The molecule has 11 heteroatoms. The Morgan fingerprint density at radius 2 is 1.71 bits per heavy atom. The highest BCUT2D eigenvalue weighted by molar-refractivity contribution is 5.96. The molecule has 35 heavy (non-hydrogen) atoms. The summed E-state index contributed by atoms with van der Waals surface area (Å²) in [6, 6.07) is 14.4. The highest BCUT2D eigenvalue weighted by Gasteiger charge is 2.34. The Morgan fingerprint density at radius 3 is 2.40 bits per heavy atom. The molecular formula is C24H20F3N5O3. The summed E-state index contributed by atoms with van der Waals surface area (Å²) in [5.41, 5.74) is 2.05. The molecule has 0 unspecified atom stereocenters. The predicted octanol–water partition coefficient (Wildman–Crippen LogP) is 4.81. The summed E-state index contributed by atoms with van der Waals surface area (Å²) in [5.74, 6) is -0.886. The second-order valence-electron chi connectivity index (χ2n) is 7.93. The molecule has 1 aromatic heterocycles. The molecule has 2 amide bonds. The van der Waals surface area contributed by atoms with E-state index in [9.17, 15) is 22.8 Å². The number of anilines is 2. The third-order valence-electron chi connectivity index (χ3n) is 5.24. The number of amides is 2. The number of imidazole rings is 1. The Hall–Kier alpha value is -4.38. The summed E-state index contributed by atoms with van der Waals surface area (Å²) in [7, 11) is 3.13. The fourth-order valence-electron chi connectivity index (χ4n) is 3.61. The lowest BCUT2D eigenvalue weighted by Gasteiger charge is -2.15. The summed E-state index contributed by atoms with van der Waals surface area (Å²) in [4.78, 5) is 32.4. The quantitative estimate of drug-likeness (QED) is 0.241. The van der Waals surface area contributed by atoms with Crippen molar-refractivity contribution in [3.05, 3.63) is 77.4 Å². The molecule has 0 fully saturated rings. The van der Waals surface area contributed by atoms with Crippen molar-refractivity contribution in [2.75, 3.05) is 19.4 Å². The standard InChI is InChI=1S/C24H20F3N5O3/c1-32(2)22(34)15-7-3-5-13(9-15)17-11-19-20(12-18(17)24(25,26)27)30-23(29-19)28-16-8-4-6-14(10-16)21(33)31-35/h3-12,35H,1-2H3,(H,31,33)(H2,28,29,30). The molecule has 180 valence electrons. The highest BCUT2D eigenvalue weighted by atomic mass is 19.4. The lowest BCUT2D eigenvalue weighted by atomic mass is 9.96. The second-order valence-corrected chi connectivity index (χ2v) is 7.93. The van der Waals surface area contributed by atoms with Crippen LogP contribution in [0.4, 0.5) is 24.8 Å². The normalized spacial score (nSPS) is 11.4. The van der Waals surface area contributed by atoms with Crippen LogP contribution in [0.1, 0.15) is 26.3 Å². The summed E-state index contributed by atoms with van der Waals surface area (Å²) in [6.45, 7) is 0. The maximum atomic E-state index is 14.0. The molecule has 1 heterocycles. The fourth-order valence-corrected chi connectivity index (χ4v) is 3.61. The van der Waals surface area contributed by atoms with E-state index in [0.29, 0.717) is 11.2 Å². The zero-order chi connectivity index (χ0) is 25.3. The minimum Gasteiger partial charge on any atom is -0.345 e. The van der Waals surface area contributed by atoms with E-state index >= 15 is 0 Å². The van der Waals surface area contributed by atoms with Crippen LogP contribution in [-0.4, -0.2) is 46.0 Å². The number of aromatic nitrogens is 2. The molecule has 0 aliphatic carbocycles. The first-order valence-electron chi connectivity index (χ1n) is 10.3. The number of alkyl halides is 3. The number of benzene rings is 3. The van der Waals surface area contributed by atoms with Crippen molar-refractivity contribution < 1.29 is 28.0 Å². The molecule has 8 nitrogen and oxygen atoms in total. The summed E-state index contributed by atoms with van der Waals surface area (Å²) >= 11 is 0. The third-order valence-corrected chi connectivity index (χ3v) is 5.24. The number of halogens is 3. The SMILES string of the molecule is CN(C)C(=O)c1cccc(-c2cc3[nH]c(Nc4cccc(C(=O)NO)c4)nc3cc2C(F)(F)F)c1. The average molecular weight is 483 g/mol. The van der Waals surface area contributed by atoms with Gasteiger partial charge in [0.1, 0.15) is 0 Å². The molecule has 0 bridgehead atoms. The molecule has 4 N–H and O–H groups in total. The van der Waals surface area contributed by atoms with Gasteiger partial charge in [-0.15, -0.1) is 0 Å². The lowest BCUT2D eigenvalue weighted by molar-refractivity contribution is -0.137. The summed E-state index contributed by atoms with van der Waals surface area (Å²) in [6.07, 6.45) is -4.66. The number of hydrogen-bond donors (Lipinski definition) is 4. The minimum absolute atomic E-state index is 0.0772. The van der Waals surface area contributed by atoms with Crippen LogP contribution in [-0.2, 0) is 6.18 Å². The first kappa shape index (κ1) is 23.8. The van der Waals surface area contributed by atoms with E-state index in [1.807, 2.05) is 0 Å². The first-order chi connectivity index (χ1) is 16.6. The zero-order valence-electron chi connectivity index (χ0n) is 18.6. The van der Waals surface area contributed by atoms with Crippen LogP contribution >= 0.6 is 0 Å². The maximum absolute atomic E-state index is 14.0. The van der Waals surface area contributed by atoms with Crippen LogP contribution in [0.3, 0.4) is 0 Å². The number of hydrogen-bond acceptors (Lipinski definition) is 5.